The molecule has 0 unspecified atom stereocenters. The van der Waals surface area contributed by atoms with Gasteiger partial charge in [0.05, 0.1) is 0 Å². The largest absolute Gasteiger partial charge is 0.356 e. The van der Waals surface area contributed by atoms with Crippen LogP contribution in [0.15, 0.2) is 12.2 Å². The van der Waals surface area contributed by atoms with Crippen LogP contribution in [0.25, 0.3) is 0 Å². The van der Waals surface area contributed by atoms with Crippen LogP contribution in [0.2, 0.25) is 0 Å². The van der Waals surface area contributed by atoms with E-state index in [1.165, 1.54) is 77.6 Å². The maximum Gasteiger partial charge on any atom is 0.221 e. The van der Waals surface area contributed by atoms with Gasteiger partial charge in [-0.25, -0.2) is 0 Å². The second-order valence-electron chi connectivity index (χ2n) is 8.27. The SMILES string of the molecule is CCCCCCCCC=CCCCCCCCC(=O)NCCNC(=O)CCNC(C)=O. The number of hydrogen-bond acceptors (Lipinski definition) is 3. The van der Waals surface area contributed by atoms with Crippen LogP contribution in [0, 0.1) is 0 Å². The average molecular weight is 438 g/mol. The molecule has 0 heterocycles. The molecule has 0 aliphatic heterocycles. The van der Waals surface area contributed by atoms with Crippen molar-refractivity contribution in [2.45, 2.75) is 110 Å². The first-order valence-corrected chi connectivity index (χ1v) is 12.5. The quantitative estimate of drug-likeness (QED) is 0.178. The highest BCUT2D eigenvalue weighted by atomic mass is 16.2. The maximum absolute atomic E-state index is 11.8. The van der Waals surface area contributed by atoms with Gasteiger partial charge in [0, 0.05) is 39.4 Å². The first-order chi connectivity index (χ1) is 15.1. The number of carbonyl (C=O) groups is 3. The van der Waals surface area contributed by atoms with Gasteiger partial charge in [-0.1, -0.05) is 70.4 Å². The van der Waals surface area contributed by atoms with Crippen molar-refractivity contribution < 1.29 is 14.4 Å². The summed E-state index contributed by atoms with van der Waals surface area (Å²) in [7, 11) is 0. The molecule has 0 aromatic heterocycles. The molecule has 0 bridgehead atoms. The molecule has 0 aliphatic carbocycles. The number of hydrogen-bond donors (Lipinski definition) is 3. The number of nitrogens with one attached hydrogen (secondary N) is 3. The minimum Gasteiger partial charge on any atom is -0.356 e. The number of amides is 3. The Kier molecular flexibility index (Phi) is 21.5. The van der Waals surface area contributed by atoms with Crippen molar-refractivity contribution in [3.05, 3.63) is 12.2 Å². The third-order valence-corrected chi connectivity index (χ3v) is 5.16. The van der Waals surface area contributed by atoms with Gasteiger partial charge in [-0.15, -0.1) is 0 Å². The van der Waals surface area contributed by atoms with E-state index >= 15 is 0 Å². The summed E-state index contributed by atoms with van der Waals surface area (Å²) in [5, 5.41) is 8.13. The zero-order valence-corrected chi connectivity index (χ0v) is 20.1. The molecular weight excluding hydrogens is 390 g/mol. The monoisotopic (exact) mass is 437 g/mol. The minimum atomic E-state index is -0.143. The van der Waals surface area contributed by atoms with Crippen LogP contribution in [0.3, 0.4) is 0 Å². The lowest BCUT2D eigenvalue weighted by atomic mass is 10.1. The fourth-order valence-corrected chi connectivity index (χ4v) is 3.29. The average Bonchev–Trinajstić information content (AvgIpc) is 2.73. The Morgan fingerprint density at radius 1 is 0.581 bits per heavy atom. The van der Waals surface area contributed by atoms with E-state index in [1.807, 2.05) is 0 Å². The summed E-state index contributed by atoms with van der Waals surface area (Å²) in [6.45, 7) is 4.87. The van der Waals surface area contributed by atoms with Gasteiger partial charge in [-0.05, 0) is 32.1 Å². The maximum atomic E-state index is 11.8. The van der Waals surface area contributed by atoms with E-state index in [-0.39, 0.29) is 24.1 Å². The van der Waals surface area contributed by atoms with Gasteiger partial charge < -0.3 is 16.0 Å². The van der Waals surface area contributed by atoms with E-state index < -0.39 is 0 Å². The molecule has 0 aliphatic rings. The summed E-state index contributed by atoms with van der Waals surface area (Å²) in [5.74, 6) is -0.221. The van der Waals surface area contributed by atoms with Crippen LogP contribution in [0.5, 0.6) is 0 Å². The third-order valence-electron chi connectivity index (χ3n) is 5.16. The molecule has 0 spiro atoms. The van der Waals surface area contributed by atoms with E-state index in [0.717, 1.165) is 12.8 Å². The van der Waals surface area contributed by atoms with Gasteiger partial charge in [0.1, 0.15) is 0 Å². The summed E-state index contributed by atoms with van der Waals surface area (Å²) >= 11 is 0. The fraction of sp³-hybridized carbons (Fsp3) is 0.800. The van der Waals surface area contributed by atoms with Gasteiger partial charge in [0.25, 0.3) is 0 Å². The number of allylic oxidation sites excluding steroid dienone is 2. The Morgan fingerprint density at radius 2 is 1.06 bits per heavy atom. The second-order valence-corrected chi connectivity index (χ2v) is 8.27. The van der Waals surface area contributed by atoms with Gasteiger partial charge in [-0.3, -0.25) is 14.4 Å². The Balaban J connectivity index is 3.33. The van der Waals surface area contributed by atoms with Crippen molar-refractivity contribution in [1.82, 2.24) is 16.0 Å². The number of unbranched alkanes of at least 4 members (excludes halogenated alkanes) is 11. The molecule has 0 aromatic carbocycles. The van der Waals surface area contributed by atoms with Crippen LogP contribution in [-0.2, 0) is 14.4 Å². The van der Waals surface area contributed by atoms with Gasteiger partial charge in [0.2, 0.25) is 17.7 Å². The lowest BCUT2D eigenvalue weighted by molar-refractivity contribution is -0.123. The van der Waals surface area contributed by atoms with Crippen molar-refractivity contribution in [3.8, 4) is 0 Å². The van der Waals surface area contributed by atoms with Crippen LogP contribution < -0.4 is 16.0 Å². The lowest BCUT2D eigenvalue weighted by Crippen LogP contribution is -2.36. The van der Waals surface area contributed by atoms with Gasteiger partial charge in [0.15, 0.2) is 0 Å². The predicted molar refractivity (Wildman–Crippen MR) is 129 cm³/mol. The molecule has 0 aromatic rings. The Hall–Kier alpha value is -1.85. The van der Waals surface area contributed by atoms with Crippen molar-refractivity contribution in [3.63, 3.8) is 0 Å². The van der Waals surface area contributed by atoms with Crippen molar-refractivity contribution in [1.29, 1.82) is 0 Å². The summed E-state index contributed by atoms with van der Waals surface area (Å²) in [4.78, 5) is 34.0. The minimum absolute atomic E-state index is 0.0464. The summed E-state index contributed by atoms with van der Waals surface area (Å²) in [6, 6.07) is 0. The van der Waals surface area contributed by atoms with Crippen molar-refractivity contribution >= 4 is 17.7 Å². The molecule has 0 saturated carbocycles. The highest BCUT2D eigenvalue weighted by molar-refractivity contribution is 5.78. The lowest BCUT2D eigenvalue weighted by Gasteiger charge is -2.07. The van der Waals surface area contributed by atoms with E-state index in [2.05, 4.69) is 35.0 Å². The van der Waals surface area contributed by atoms with Gasteiger partial charge in [-0.2, -0.15) is 0 Å². The molecule has 6 nitrogen and oxygen atoms in total. The Labute approximate surface area is 190 Å². The molecule has 3 N–H and O–H groups in total. The number of rotatable bonds is 21. The van der Waals surface area contributed by atoms with E-state index in [4.69, 9.17) is 0 Å². The normalized spacial score (nSPS) is 10.9. The molecule has 0 radical (unpaired) electrons. The third kappa shape index (κ3) is 24.3. The second kappa shape index (κ2) is 22.8. The zero-order valence-electron chi connectivity index (χ0n) is 20.1. The fourth-order valence-electron chi connectivity index (χ4n) is 3.29. The smallest absolute Gasteiger partial charge is 0.221 e. The first kappa shape index (κ1) is 29.1. The summed E-state index contributed by atoms with van der Waals surface area (Å²) in [6.07, 6.45) is 21.7. The molecule has 0 rings (SSSR count). The van der Waals surface area contributed by atoms with Crippen LogP contribution in [0.4, 0.5) is 0 Å². The molecule has 0 fully saturated rings. The number of carbonyl (C=O) groups excluding carboxylic acids is 3. The van der Waals surface area contributed by atoms with Gasteiger partial charge >= 0.3 is 0 Å². The summed E-state index contributed by atoms with van der Waals surface area (Å²) in [5.41, 5.74) is 0. The molecule has 31 heavy (non-hydrogen) atoms. The standard InChI is InChI=1S/C25H47N3O3/c1-3-4-5-6-7-8-9-10-11-12-13-14-15-16-17-18-24(30)27-21-22-28-25(31)19-20-26-23(2)29/h10-11H,3-9,12-22H2,1-2H3,(H,26,29)(H,27,30)(H,28,31). The molecule has 3 amide bonds. The Bertz CT molecular complexity index is 492. The highest BCUT2D eigenvalue weighted by Crippen LogP contribution is 2.09. The van der Waals surface area contributed by atoms with Crippen LogP contribution in [-0.4, -0.2) is 37.4 Å². The molecule has 180 valence electrons. The van der Waals surface area contributed by atoms with Crippen LogP contribution in [0.1, 0.15) is 110 Å². The molecule has 6 heteroatoms. The molecular formula is C25H47N3O3. The molecule has 0 atom stereocenters. The van der Waals surface area contributed by atoms with Crippen molar-refractivity contribution in [2.24, 2.45) is 0 Å². The van der Waals surface area contributed by atoms with E-state index in [0.29, 0.717) is 26.1 Å². The van der Waals surface area contributed by atoms with E-state index in [9.17, 15) is 14.4 Å². The highest BCUT2D eigenvalue weighted by Gasteiger charge is 2.03. The van der Waals surface area contributed by atoms with Crippen LogP contribution >= 0.6 is 0 Å². The topological polar surface area (TPSA) is 87.3 Å². The first-order valence-electron chi connectivity index (χ1n) is 12.5. The van der Waals surface area contributed by atoms with E-state index in [1.54, 1.807) is 0 Å². The van der Waals surface area contributed by atoms with Crippen molar-refractivity contribution in [2.75, 3.05) is 19.6 Å². The Morgan fingerprint density at radius 3 is 1.61 bits per heavy atom. The zero-order chi connectivity index (χ0) is 23.0. The predicted octanol–water partition coefficient (Wildman–Crippen LogP) is 4.78. The summed E-state index contributed by atoms with van der Waals surface area (Å²) < 4.78 is 0. The molecule has 0 saturated heterocycles.